The summed E-state index contributed by atoms with van der Waals surface area (Å²) in [6, 6.07) is 2.12. The fraction of sp³-hybridized carbons (Fsp3) is 0.417. The topological polar surface area (TPSA) is 38.9 Å². The summed E-state index contributed by atoms with van der Waals surface area (Å²) in [6.45, 7) is 4.96. The summed E-state index contributed by atoms with van der Waals surface area (Å²) in [5.41, 5.74) is 6.94. The van der Waals surface area contributed by atoms with Crippen molar-refractivity contribution in [3.8, 4) is 9.88 Å². The van der Waals surface area contributed by atoms with Gasteiger partial charge in [0.05, 0.1) is 10.6 Å². The zero-order valence-electron chi connectivity index (χ0n) is 9.87. The molecule has 0 bridgehead atoms. The van der Waals surface area contributed by atoms with Crippen molar-refractivity contribution in [2.45, 2.75) is 26.2 Å². The minimum Gasteiger partial charge on any atom is -0.330 e. The fourth-order valence-electron chi connectivity index (χ4n) is 1.78. The molecule has 0 aliphatic carbocycles. The SMILES string of the molecule is CCC(CN)c1sc(-c2cc(Br)cs2)nc1C. The van der Waals surface area contributed by atoms with Crippen molar-refractivity contribution in [3.63, 3.8) is 0 Å². The number of halogens is 1. The van der Waals surface area contributed by atoms with Crippen molar-refractivity contribution in [3.05, 3.63) is 26.5 Å². The summed E-state index contributed by atoms with van der Waals surface area (Å²) in [7, 11) is 0. The summed E-state index contributed by atoms with van der Waals surface area (Å²) >= 11 is 6.98. The Kier molecular flexibility index (Phi) is 4.36. The Balaban J connectivity index is 2.36. The Hall–Kier alpha value is -0.230. The van der Waals surface area contributed by atoms with Gasteiger partial charge in [0.15, 0.2) is 0 Å². The number of nitrogens with two attached hydrogens (primary N) is 1. The average molecular weight is 331 g/mol. The van der Waals surface area contributed by atoms with Gasteiger partial charge in [-0.3, -0.25) is 0 Å². The summed E-state index contributed by atoms with van der Waals surface area (Å²) in [5, 5.41) is 3.20. The molecule has 2 heterocycles. The molecule has 0 saturated heterocycles. The molecule has 0 aliphatic heterocycles. The quantitative estimate of drug-likeness (QED) is 0.902. The second-order valence-electron chi connectivity index (χ2n) is 3.94. The van der Waals surface area contributed by atoms with E-state index in [-0.39, 0.29) is 0 Å². The molecule has 0 saturated carbocycles. The van der Waals surface area contributed by atoms with Gasteiger partial charge in [-0.05, 0) is 35.3 Å². The molecule has 17 heavy (non-hydrogen) atoms. The Morgan fingerprint density at radius 2 is 2.29 bits per heavy atom. The van der Waals surface area contributed by atoms with Crippen LogP contribution in [0.2, 0.25) is 0 Å². The number of hydrogen-bond donors (Lipinski definition) is 1. The predicted octanol–water partition coefficient (Wildman–Crippen LogP) is 4.39. The van der Waals surface area contributed by atoms with Gasteiger partial charge < -0.3 is 5.73 Å². The molecule has 2 rings (SSSR count). The Bertz CT molecular complexity index is 500. The van der Waals surface area contributed by atoms with Gasteiger partial charge in [-0.2, -0.15) is 0 Å². The van der Waals surface area contributed by atoms with Gasteiger partial charge in [0, 0.05) is 27.2 Å². The van der Waals surface area contributed by atoms with Gasteiger partial charge in [0.1, 0.15) is 5.01 Å². The van der Waals surface area contributed by atoms with E-state index in [0.29, 0.717) is 12.5 Å². The van der Waals surface area contributed by atoms with Crippen LogP contribution < -0.4 is 5.73 Å². The minimum absolute atomic E-state index is 0.449. The van der Waals surface area contributed by atoms with E-state index in [1.54, 1.807) is 22.7 Å². The van der Waals surface area contributed by atoms with E-state index in [9.17, 15) is 0 Å². The van der Waals surface area contributed by atoms with Crippen molar-refractivity contribution >= 4 is 38.6 Å². The molecular weight excluding hydrogens is 316 g/mol. The zero-order chi connectivity index (χ0) is 12.4. The van der Waals surface area contributed by atoms with Crippen LogP contribution in [0.3, 0.4) is 0 Å². The van der Waals surface area contributed by atoms with Crippen molar-refractivity contribution in [1.82, 2.24) is 4.98 Å². The van der Waals surface area contributed by atoms with Crippen molar-refractivity contribution in [1.29, 1.82) is 0 Å². The number of rotatable bonds is 4. The van der Waals surface area contributed by atoms with Crippen LogP contribution in [0, 0.1) is 6.92 Å². The molecule has 1 unspecified atom stereocenters. The average Bonchev–Trinajstić information content (AvgIpc) is 2.88. The largest absolute Gasteiger partial charge is 0.330 e. The molecule has 0 aromatic carbocycles. The maximum Gasteiger partial charge on any atom is 0.133 e. The van der Waals surface area contributed by atoms with E-state index in [1.165, 1.54) is 9.75 Å². The molecule has 0 spiro atoms. The number of thiophene rings is 1. The lowest BCUT2D eigenvalue weighted by Crippen LogP contribution is -2.11. The standard InChI is InChI=1S/C12H15BrN2S2/c1-3-8(5-14)11-7(2)15-12(17-11)10-4-9(13)6-16-10/h4,6,8H,3,5,14H2,1-2H3. The molecule has 2 N–H and O–H groups in total. The number of aryl methyl sites for hydroxylation is 1. The lowest BCUT2D eigenvalue weighted by molar-refractivity contribution is 0.680. The molecular formula is C12H15BrN2S2. The minimum atomic E-state index is 0.449. The van der Waals surface area contributed by atoms with Crippen molar-refractivity contribution in [2.24, 2.45) is 5.73 Å². The first-order valence-electron chi connectivity index (χ1n) is 5.57. The molecule has 2 aromatic rings. The summed E-state index contributed by atoms with van der Waals surface area (Å²) in [5.74, 6) is 0.449. The lowest BCUT2D eigenvalue weighted by Gasteiger charge is -2.09. The van der Waals surface area contributed by atoms with Crippen molar-refractivity contribution in [2.75, 3.05) is 6.54 Å². The van der Waals surface area contributed by atoms with Crippen LogP contribution in [0.5, 0.6) is 0 Å². The van der Waals surface area contributed by atoms with Crippen LogP contribution in [0.1, 0.15) is 29.8 Å². The normalized spacial score (nSPS) is 12.9. The molecule has 2 nitrogen and oxygen atoms in total. The highest BCUT2D eigenvalue weighted by atomic mass is 79.9. The third-order valence-electron chi connectivity index (χ3n) is 2.76. The predicted molar refractivity (Wildman–Crippen MR) is 80.0 cm³/mol. The molecule has 92 valence electrons. The first-order chi connectivity index (χ1) is 8.15. The summed E-state index contributed by atoms with van der Waals surface area (Å²) in [6.07, 6.45) is 1.08. The molecule has 2 aromatic heterocycles. The molecule has 0 fully saturated rings. The number of nitrogens with zero attached hydrogens (tertiary/aromatic N) is 1. The Labute approximate surface area is 118 Å². The maximum absolute atomic E-state index is 5.81. The lowest BCUT2D eigenvalue weighted by atomic mass is 10.0. The number of hydrogen-bond acceptors (Lipinski definition) is 4. The third kappa shape index (κ3) is 2.78. The molecule has 0 radical (unpaired) electrons. The molecule has 1 atom stereocenters. The second-order valence-corrected chi connectivity index (χ2v) is 6.80. The summed E-state index contributed by atoms with van der Waals surface area (Å²) in [4.78, 5) is 7.23. The molecule has 0 amide bonds. The highest BCUT2D eigenvalue weighted by Crippen LogP contribution is 2.37. The van der Waals surface area contributed by atoms with Crippen LogP contribution in [0.4, 0.5) is 0 Å². The first-order valence-corrected chi connectivity index (χ1v) is 8.06. The van der Waals surface area contributed by atoms with Gasteiger partial charge in [-0.25, -0.2) is 4.98 Å². The Morgan fingerprint density at radius 1 is 1.53 bits per heavy atom. The second kappa shape index (κ2) is 5.61. The van der Waals surface area contributed by atoms with Gasteiger partial charge in [0.25, 0.3) is 0 Å². The molecule has 0 aliphatic rings. The van der Waals surface area contributed by atoms with Gasteiger partial charge in [-0.1, -0.05) is 6.92 Å². The van der Waals surface area contributed by atoms with Crippen LogP contribution in [0.25, 0.3) is 9.88 Å². The van der Waals surface area contributed by atoms with Gasteiger partial charge in [0.2, 0.25) is 0 Å². The monoisotopic (exact) mass is 330 g/mol. The number of aromatic nitrogens is 1. The molecule has 5 heteroatoms. The van der Waals surface area contributed by atoms with Crippen LogP contribution >= 0.6 is 38.6 Å². The van der Waals surface area contributed by atoms with E-state index in [1.807, 2.05) is 0 Å². The van der Waals surface area contributed by atoms with E-state index >= 15 is 0 Å². The van der Waals surface area contributed by atoms with E-state index < -0.39 is 0 Å². The van der Waals surface area contributed by atoms with Gasteiger partial charge >= 0.3 is 0 Å². The third-order valence-corrected chi connectivity index (χ3v) is 5.94. The van der Waals surface area contributed by atoms with Crippen molar-refractivity contribution < 1.29 is 0 Å². The van der Waals surface area contributed by atoms with Crippen LogP contribution in [-0.2, 0) is 0 Å². The highest BCUT2D eigenvalue weighted by molar-refractivity contribution is 9.10. The van der Waals surface area contributed by atoms with E-state index in [0.717, 1.165) is 21.6 Å². The summed E-state index contributed by atoms with van der Waals surface area (Å²) < 4.78 is 1.12. The van der Waals surface area contributed by atoms with Gasteiger partial charge in [-0.15, -0.1) is 22.7 Å². The highest BCUT2D eigenvalue weighted by Gasteiger charge is 2.17. The van der Waals surface area contributed by atoms with Crippen LogP contribution in [-0.4, -0.2) is 11.5 Å². The van der Waals surface area contributed by atoms with Crippen LogP contribution in [0.15, 0.2) is 15.9 Å². The number of thiazole rings is 1. The first kappa shape index (κ1) is 13.2. The zero-order valence-corrected chi connectivity index (χ0v) is 13.1. The van der Waals surface area contributed by atoms with E-state index in [4.69, 9.17) is 5.73 Å². The maximum atomic E-state index is 5.81. The van der Waals surface area contributed by atoms with E-state index in [2.05, 4.69) is 46.2 Å². The fourth-order valence-corrected chi connectivity index (χ4v) is 4.53. The smallest absolute Gasteiger partial charge is 0.133 e. The Morgan fingerprint density at radius 3 is 2.82 bits per heavy atom.